The van der Waals surface area contributed by atoms with Crippen molar-refractivity contribution in [3.05, 3.63) is 30.2 Å². The van der Waals surface area contributed by atoms with Crippen LogP contribution in [-0.4, -0.2) is 30.2 Å². The summed E-state index contributed by atoms with van der Waals surface area (Å²) in [5.41, 5.74) is 0.909. The first-order chi connectivity index (χ1) is 8.38. The standard InChI is InChI=1S/C13H15N3O/c1-17-11-4-2-3-9-8-15-13(16-12(9)11)10-5-6-14-7-10/h2-4,8,10,14H,5-7H2,1H3. The number of hydrogen-bond donors (Lipinski definition) is 1. The van der Waals surface area contributed by atoms with E-state index in [1.165, 1.54) is 0 Å². The molecule has 0 aliphatic carbocycles. The van der Waals surface area contributed by atoms with Gasteiger partial charge in [-0.2, -0.15) is 0 Å². The summed E-state index contributed by atoms with van der Waals surface area (Å²) in [6.07, 6.45) is 3.00. The molecule has 0 bridgehead atoms. The van der Waals surface area contributed by atoms with E-state index in [0.717, 1.165) is 42.0 Å². The highest BCUT2D eigenvalue weighted by molar-refractivity contribution is 5.83. The molecule has 2 aromatic rings. The average molecular weight is 229 g/mol. The number of nitrogens with one attached hydrogen (secondary N) is 1. The molecule has 4 heteroatoms. The molecule has 0 radical (unpaired) electrons. The van der Waals surface area contributed by atoms with Crippen molar-refractivity contribution in [1.29, 1.82) is 0 Å². The van der Waals surface area contributed by atoms with Crippen LogP contribution < -0.4 is 10.1 Å². The summed E-state index contributed by atoms with van der Waals surface area (Å²) in [7, 11) is 1.67. The summed E-state index contributed by atoms with van der Waals surface area (Å²) in [5.74, 6) is 2.17. The summed E-state index contributed by atoms with van der Waals surface area (Å²) >= 11 is 0. The SMILES string of the molecule is COc1cccc2cnc(C3CCNC3)nc12. The molecule has 1 aromatic carbocycles. The van der Waals surface area contributed by atoms with Gasteiger partial charge in [-0.15, -0.1) is 0 Å². The summed E-state index contributed by atoms with van der Waals surface area (Å²) in [4.78, 5) is 9.11. The average Bonchev–Trinajstić information content (AvgIpc) is 2.91. The lowest BCUT2D eigenvalue weighted by Crippen LogP contribution is -2.10. The van der Waals surface area contributed by atoms with Gasteiger partial charge in [0.15, 0.2) is 0 Å². The molecule has 1 N–H and O–H groups in total. The quantitative estimate of drug-likeness (QED) is 0.851. The largest absolute Gasteiger partial charge is 0.494 e. The normalized spacial score (nSPS) is 19.7. The molecular formula is C13H15N3O. The van der Waals surface area contributed by atoms with E-state index in [4.69, 9.17) is 4.74 Å². The minimum absolute atomic E-state index is 0.435. The van der Waals surface area contributed by atoms with Gasteiger partial charge >= 0.3 is 0 Å². The molecule has 0 amide bonds. The fraction of sp³-hybridized carbons (Fsp3) is 0.385. The Balaban J connectivity index is 2.10. The zero-order valence-corrected chi connectivity index (χ0v) is 9.81. The maximum Gasteiger partial charge on any atom is 0.145 e. The Bertz CT molecular complexity index is 535. The van der Waals surface area contributed by atoms with E-state index < -0.39 is 0 Å². The first-order valence-corrected chi connectivity index (χ1v) is 5.89. The van der Waals surface area contributed by atoms with Gasteiger partial charge in [-0.05, 0) is 19.0 Å². The molecule has 1 fully saturated rings. The van der Waals surface area contributed by atoms with E-state index in [1.807, 2.05) is 24.4 Å². The van der Waals surface area contributed by atoms with Crippen LogP contribution in [-0.2, 0) is 0 Å². The molecular weight excluding hydrogens is 214 g/mol. The Morgan fingerprint density at radius 2 is 2.35 bits per heavy atom. The van der Waals surface area contributed by atoms with Gasteiger partial charge in [0.05, 0.1) is 7.11 Å². The molecule has 1 atom stereocenters. The number of nitrogens with zero attached hydrogens (tertiary/aromatic N) is 2. The van der Waals surface area contributed by atoms with Gasteiger partial charge in [-0.1, -0.05) is 12.1 Å². The van der Waals surface area contributed by atoms with Crippen molar-refractivity contribution in [2.75, 3.05) is 20.2 Å². The molecule has 0 spiro atoms. The zero-order valence-electron chi connectivity index (χ0n) is 9.81. The van der Waals surface area contributed by atoms with Crippen LogP contribution in [0.25, 0.3) is 10.9 Å². The summed E-state index contributed by atoms with van der Waals surface area (Å²) in [6, 6.07) is 5.90. The van der Waals surface area contributed by atoms with Crippen LogP contribution in [0.4, 0.5) is 0 Å². The third kappa shape index (κ3) is 1.85. The number of benzene rings is 1. The topological polar surface area (TPSA) is 47.0 Å². The second-order valence-corrected chi connectivity index (χ2v) is 4.32. The van der Waals surface area contributed by atoms with E-state index in [1.54, 1.807) is 7.11 Å². The van der Waals surface area contributed by atoms with Crippen LogP contribution >= 0.6 is 0 Å². The predicted octanol–water partition coefficient (Wildman–Crippen LogP) is 1.72. The van der Waals surface area contributed by atoms with E-state index in [2.05, 4.69) is 15.3 Å². The van der Waals surface area contributed by atoms with Crippen molar-refractivity contribution in [3.8, 4) is 5.75 Å². The molecule has 4 nitrogen and oxygen atoms in total. The monoisotopic (exact) mass is 229 g/mol. The Morgan fingerprint density at radius 1 is 1.41 bits per heavy atom. The molecule has 3 rings (SSSR count). The fourth-order valence-electron chi connectivity index (χ4n) is 2.28. The smallest absolute Gasteiger partial charge is 0.145 e. The molecule has 1 aliphatic rings. The molecule has 1 aliphatic heterocycles. The van der Waals surface area contributed by atoms with Crippen LogP contribution in [0.5, 0.6) is 5.75 Å². The second kappa shape index (κ2) is 4.30. The van der Waals surface area contributed by atoms with Crippen molar-refractivity contribution in [2.24, 2.45) is 0 Å². The number of ether oxygens (including phenoxy) is 1. The summed E-state index contributed by atoms with van der Waals surface area (Å²) in [5, 5.41) is 4.36. The lowest BCUT2D eigenvalue weighted by molar-refractivity contribution is 0.418. The van der Waals surface area contributed by atoms with E-state index in [9.17, 15) is 0 Å². The van der Waals surface area contributed by atoms with Crippen molar-refractivity contribution < 1.29 is 4.74 Å². The molecule has 2 heterocycles. The van der Waals surface area contributed by atoms with Crippen LogP contribution in [0.3, 0.4) is 0 Å². The first-order valence-electron chi connectivity index (χ1n) is 5.89. The van der Waals surface area contributed by atoms with Gasteiger partial charge in [-0.25, -0.2) is 9.97 Å². The minimum Gasteiger partial charge on any atom is -0.494 e. The molecule has 1 saturated heterocycles. The fourth-order valence-corrected chi connectivity index (χ4v) is 2.28. The number of aromatic nitrogens is 2. The first kappa shape index (κ1) is 10.5. The van der Waals surface area contributed by atoms with Gasteiger partial charge in [0.2, 0.25) is 0 Å². The molecule has 1 aromatic heterocycles. The highest BCUT2D eigenvalue weighted by atomic mass is 16.5. The van der Waals surface area contributed by atoms with Crippen molar-refractivity contribution in [3.63, 3.8) is 0 Å². The maximum atomic E-state index is 5.34. The second-order valence-electron chi connectivity index (χ2n) is 4.32. The number of fused-ring (bicyclic) bond motifs is 1. The Morgan fingerprint density at radius 3 is 3.12 bits per heavy atom. The number of para-hydroxylation sites is 1. The van der Waals surface area contributed by atoms with Crippen molar-refractivity contribution >= 4 is 10.9 Å². The van der Waals surface area contributed by atoms with Gasteiger partial charge < -0.3 is 10.1 Å². The highest BCUT2D eigenvalue weighted by Crippen LogP contribution is 2.26. The van der Waals surface area contributed by atoms with Gasteiger partial charge in [0, 0.05) is 24.0 Å². The number of hydrogen-bond acceptors (Lipinski definition) is 4. The molecule has 88 valence electrons. The Hall–Kier alpha value is -1.68. The van der Waals surface area contributed by atoms with Crippen molar-refractivity contribution in [1.82, 2.24) is 15.3 Å². The van der Waals surface area contributed by atoms with E-state index in [-0.39, 0.29) is 0 Å². The maximum absolute atomic E-state index is 5.34. The summed E-state index contributed by atoms with van der Waals surface area (Å²) < 4.78 is 5.34. The molecule has 0 saturated carbocycles. The predicted molar refractivity (Wildman–Crippen MR) is 66.3 cm³/mol. The summed E-state index contributed by atoms with van der Waals surface area (Å²) in [6.45, 7) is 2.03. The Labute approximate surface area is 100 Å². The van der Waals surface area contributed by atoms with Crippen LogP contribution in [0, 0.1) is 0 Å². The van der Waals surface area contributed by atoms with Crippen LogP contribution in [0.2, 0.25) is 0 Å². The van der Waals surface area contributed by atoms with Crippen LogP contribution in [0.1, 0.15) is 18.2 Å². The van der Waals surface area contributed by atoms with Crippen molar-refractivity contribution in [2.45, 2.75) is 12.3 Å². The number of methoxy groups -OCH3 is 1. The van der Waals surface area contributed by atoms with E-state index >= 15 is 0 Å². The third-order valence-electron chi connectivity index (χ3n) is 3.24. The molecule has 17 heavy (non-hydrogen) atoms. The number of rotatable bonds is 2. The lowest BCUT2D eigenvalue weighted by Gasteiger charge is -2.09. The third-order valence-corrected chi connectivity index (χ3v) is 3.24. The van der Waals surface area contributed by atoms with E-state index in [0.29, 0.717) is 5.92 Å². The Kier molecular flexibility index (Phi) is 2.65. The lowest BCUT2D eigenvalue weighted by atomic mass is 10.1. The van der Waals surface area contributed by atoms with Gasteiger partial charge in [0.25, 0.3) is 0 Å². The zero-order chi connectivity index (χ0) is 11.7. The minimum atomic E-state index is 0.435. The van der Waals surface area contributed by atoms with Crippen LogP contribution in [0.15, 0.2) is 24.4 Å². The van der Waals surface area contributed by atoms with Gasteiger partial charge in [0.1, 0.15) is 17.1 Å². The highest BCUT2D eigenvalue weighted by Gasteiger charge is 2.19. The van der Waals surface area contributed by atoms with Gasteiger partial charge in [-0.3, -0.25) is 0 Å². The molecule has 1 unspecified atom stereocenters.